The molecule has 1 aromatic carbocycles. The maximum Gasteiger partial charge on any atom is 0.307 e. The molecule has 94 valence electrons. The summed E-state index contributed by atoms with van der Waals surface area (Å²) < 4.78 is 27.4. The Bertz CT molecular complexity index is 405. The van der Waals surface area contributed by atoms with E-state index < -0.39 is 17.5 Å². The van der Waals surface area contributed by atoms with Gasteiger partial charge >= 0.3 is 11.9 Å². The molecule has 0 aliphatic heterocycles. The number of alkyl halides is 2. The van der Waals surface area contributed by atoms with Crippen LogP contribution in [0.1, 0.15) is 25.0 Å². The van der Waals surface area contributed by atoms with E-state index in [2.05, 4.69) is 0 Å². The number of carboxylic acids is 1. The molecule has 0 spiro atoms. The third-order valence-electron chi connectivity index (χ3n) is 2.44. The van der Waals surface area contributed by atoms with Crippen LogP contribution in [0.2, 0.25) is 0 Å². The fraction of sp³-hybridized carbons (Fsp3) is 0.417. The molecule has 17 heavy (non-hydrogen) atoms. The van der Waals surface area contributed by atoms with Crippen LogP contribution in [0.3, 0.4) is 0 Å². The van der Waals surface area contributed by atoms with Gasteiger partial charge in [0.25, 0.3) is 0 Å². The first-order valence-electron chi connectivity index (χ1n) is 5.06. The molecule has 0 unspecified atom stereocenters. The van der Waals surface area contributed by atoms with Gasteiger partial charge < -0.3 is 10.2 Å². The fourth-order valence-electron chi connectivity index (χ4n) is 1.36. The van der Waals surface area contributed by atoms with Crippen LogP contribution in [0.15, 0.2) is 24.3 Å². The van der Waals surface area contributed by atoms with Gasteiger partial charge in [-0.25, -0.2) is 0 Å². The normalized spacial score (nSPS) is 12.5. The molecular formula is C12H14F2O3. The minimum absolute atomic E-state index is 0.214. The minimum atomic E-state index is -3.38. The molecule has 3 nitrogen and oxygen atoms in total. The van der Waals surface area contributed by atoms with Crippen LogP contribution in [0.4, 0.5) is 8.78 Å². The van der Waals surface area contributed by atoms with Gasteiger partial charge in [-0.15, -0.1) is 0 Å². The van der Waals surface area contributed by atoms with Crippen LogP contribution in [0.5, 0.6) is 0 Å². The number of hydrogen-bond acceptors (Lipinski definition) is 2. The number of halogens is 2. The first-order chi connectivity index (χ1) is 7.64. The maximum atomic E-state index is 13.7. The van der Waals surface area contributed by atoms with Gasteiger partial charge in [-0.1, -0.05) is 24.3 Å². The zero-order valence-corrected chi connectivity index (χ0v) is 9.58. The fourth-order valence-corrected chi connectivity index (χ4v) is 1.36. The van der Waals surface area contributed by atoms with Crippen molar-refractivity contribution >= 4 is 5.97 Å². The van der Waals surface area contributed by atoms with Crippen molar-refractivity contribution in [2.75, 3.05) is 0 Å². The Kier molecular flexibility index (Phi) is 3.52. The minimum Gasteiger partial charge on any atom is -0.481 e. The summed E-state index contributed by atoms with van der Waals surface area (Å²) in [6.07, 6.45) is -0.214. The molecule has 1 rings (SSSR count). The monoisotopic (exact) mass is 244 g/mol. The third kappa shape index (κ3) is 3.00. The smallest absolute Gasteiger partial charge is 0.307 e. The topological polar surface area (TPSA) is 57.5 Å². The van der Waals surface area contributed by atoms with Crippen LogP contribution in [-0.2, 0) is 17.1 Å². The summed E-state index contributed by atoms with van der Waals surface area (Å²) in [6.45, 7) is 2.05. The molecule has 0 aromatic heterocycles. The number of carboxylic acid groups (broad SMARTS) is 1. The predicted molar refractivity (Wildman–Crippen MR) is 58.0 cm³/mol. The summed E-state index contributed by atoms with van der Waals surface area (Å²) in [5.74, 6) is -4.40. The first-order valence-corrected chi connectivity index (χ1v) is 5.06. The lowest BCUT2D eigenvalue weighted by Crippen LogP contribution is -2.40. The average Bonchev–Trinajstić information content (AvgIpc) is 2.15. The number of hydrogen-bond donors (Lipinski definition) is 2. The molecular weight excluding hydrogens is 230 g/mol. The van der Waals surface area contributed by atoms with E-state index in [1.807, 2.05) is 0 Å². The molecule has 0 radical (unpaired) electrons. The lowest BCUT2D eigenvalue weighted by Gasteiger charge is -2.29. The molecule has 0 atom stereocenters. The quantitative estimate of drug-likeness (QED) is 0.853. The largest absolute Gasteiger partial charge is 0.481 e. The van der Waals surface area contributed by atoms with E-state index in [0.717, 1.165) is 26.0 Å². The number of benzene rings is 1. The molecule has 0 fully saturated rings. The van der Waals surface area contributed by atoms with Crippen molar-refractivity contribution in [3.8, 4) is 0 Å². The summed E-state index contributed by atoms with van der Waals surface area (Å²) in [7, 11) is 0. The number of aliphatic hydroxyl groups is 1. The van der Waals surface area contributed by atoms with Crippen LogP contribution in [-0.4, -0.2) is 21.8 Å². The van der Waals surface area contributed by atoms with Gasteiger partial charge in [0.15, 0.2) is 0 Å². The van der Waals surface area contributed by atoms with E-state index in [4.69, 9.17) is 5.11 Å². The highest BCUT2D eigenvalue weighted by atomic mass is 19.3. The van der Waals surface area contributed by atoms with Gasteiger partial charge in [0.05, 0.1) is 6.42 Å². The van der Waals surface area contributed by atoms with Crippen molar-refractivity contribution in [3.05, 3.63) is 35.4 Å². The van der Waals surface area contributed by atoms with Crippen molar-refractivity contribution in [1.82, 2.24) is 0 Å². The van der Waals surface area contributed by atoms with E-state index in [-0.39, 0.29) is 12.0 Å². The highest BCUT2D eigenvalue weighted by molar-refractivity contribution is 5.70. The molecule has 0 aliphatic rings. The Labute approximate surface area is 97.7 Å². The van der Waals surface area contributed by atoms with Crippen LogP contribution >= 0.6 is 0 Å². The predicted octanol–water partition coefficient (Wildman–Crippen LogP) is 2.18. The average molecular weight is 244 g/mol. The Morgan fingerprint density at radius 2 is 1.71 bits per heavy atom. The molecule has 5 heteroatoms. The van der Waals surface area contributed by atoms with Gasteiger partial charge in [0.2, 0.25) is 0 Å². The van der Waals surface area contributed by atoms with Gasteiger partial charge in [0, 0.05) is 5.56 Å². The van der Waals surface area contributed by atoms with Crippen molar-refractivity contribution < 1.29 is 23.8 Å². The van der Waals surface area contributed by atoms with E-state index in [1.54, 1.807) is 0 Å². The van der Waals surface area contributed by atoms with Crippen molar-refractivity contribution in [2.24, 2.45) is 0 Å². The molecule has 0 amide bonds. The molecule has 0 heterocycles. The Balaban J connectivity index is 2.99. The maximum absolute atomic E-state index is 13.7. The summed E-state index contributed by atoms with van der Waals surface area (Å²) >= 11 is 0. The SMILES string of the molecule is CC(C)(O)C(F)(F)c1ccc(CC(=O)O)cc1. The van der Waals surface area contributed by atoms with Crippen LogP contribution < -0.4 is 0 Å². The highest BCUT2D eigenvalue weighted by Gasteiger charge is 2.46. The zero-order valence-electron chi connectivity index (χ0n) is 9.58. The Morgan fingerprint density at radius 1 is 1.24 bits per heavy atom. The van der Waals surface area contributed by atoms with Crippen molar-refractivity contribution in [2.45, 2.75) is 31.8 Å². The lowest BCUT2D eigenvalue weighted by atomic mass is 9.93. The van der Waals surface area contributed by atoms with Crippen molar-refractivity contribution in [1.29, 1.82) is 0 Å². The summed E-state index contributed by atoms with van der Waals surface area (Å²) in [5.41, 5.74) is -2.06. The first kappa shape index (κ1) is 13.6. The van der Waals surface area contributed by atoms with Crippen molar-refractivity contribution in [3.63, 3.8) is 0 Å². The lowest BCUT2D eigenvalue weighted by molar-refractivity contribution is -0.168. The molecule has 0 saturated heterocycles. The van der Waals surface area contributed by atoms with Crippen LogP contribution in [0, 0.1) is 0 Å². The van der Waals surface area contributed by atoms with E-state index in [9.17, 15) is 18.7 Å². The number of rotatable bonds is 4. The molecule has 1 aromatic rings. The highest BCUT2D eigenvalue weighted by Crippen LogP contribution is 2.38. The molecule has 0 bridgehead atoms. The molecule has 0 aliphatic carbocycles. The summed E-state index contributed by atoms with van der Waals surface area (Å²) in [6, 6.07) is 4.92. The van der Waals surface area contributed by atoms with E-state index in [0.29, 0.717) is 5.56 Å². The molecule has 0 saturated carbocycles. The number of aliphatic carboxylic acids is 1. The summed E-state index contributed by atoms with van der Waals surface area (Å²) in [5, 5.41) is 17.9. The Morgan fingerprint density at radius 3 is 2.06 bits per heavy atom. The summed E-state index contributed by atoms with van der Waals surface area (Å²) in [4.78, 5) is 10.4. The second-order valence-electron chi connectivity index (χ2n) is 4.40. The zero-order chi connectivity index (χ0) is 13.3. The second kappa shape index (κ2) is 4.41. The standard InChI is InChI=1S/C12H14F2O3/c1-11(2,17)12(13,14)9-5-3-8(4-6-9)7-10(15)16/h3-6,17H,7H2,1-2H3,(H,15,16). The second-order valence-corrected chi connectivity index (χ2v) is 4.40. The van der Waals surface area contributed by atoms with E-state index in [1.165, 1.54) is 12.1 Å². The van der Waals surface area contributed by atoms with Gasteiger partial charge in [0.1, 0.15) is 5.60 Å². The van der Waals surface area contributed by atoms with Crippen LogP contribution in [0.25, 0.3) is 0 Å². The third-order valence-corrected chi connectivity index (χ3v) is 2.44. The van der Waals surface area contributed by atoms with E-state index >= 15 is 0 Å². The van der Waals surface area contributed by atoms with Gasteiger partial charge in [-0.3, -0.25) is 4.79 Å². The number of carbonyl (C=O) groups is 1. The van der Waals surface area contributed by atoms with Gasteiger partial charge in [-0.2, -0.15) is 8.78 Å². The molecule has 2 N–H and O–H groups in total. The Hall–Kier alpha value is -1.49. The van der Waals surface area contributed by atoms with Gasteiger partial charge in [-0.05, 0) is 19.4 Å².